The van der Waals surface area contributed by atoms with Crippen LogP contribution in [-0.4, -0.2) is 61.8 Å². The number of methoxy groups -OCH3 is 2. The Morgan fingerprint density at radius 2 is 0.897 bits per heavy atom. The second-order valence-electron chi connectivity index (χ2n) is 37.6. The molecule has 10 nitrogen and oxygen atoms in total. The van der Waals surface area contributed by atoms with E-state index < -0.39 is 0 Å². The first-order valence-corrected chi connectivity index (χ1v) is 50.4. The number of rotatable bonds is 18. The van der Waals surface area contributed by atoms with Crippen LogP contribution in [0.4, 0.5) is 23.2 Å². The van der Waals surface area contributed by atoms with E-state index in [1.54, 1.807) is 55.6 Å². The van der Waals surface area contributed by atoms with Gasteiger partial charge in [0.1, 0.15) is 93.9 Å². The molecule has 0 aromatic heterocycles. The molecule has 8 aliphatic rings. The smallest absolute Gasteiger partial charge is 0.338 e. The van der Waals surface area contributed by atoms with Crippen molar-refractivity contribution in [1.29, 1.82) is 0 Å². The number of carbonyl (C=O) groups is 1. The molecule has 746 valence electrons. The first-order chi connectivity index (χ1) is 69.6. The Morgan fingerprint density at radius 1 is 0.425 bits per heavy atom. The highest BCUT2D eigenvalue weighted by molar-refractivity contribution is 6.08. The summed E-state index contributed by atoms with van der Waals surface area (Å²) in [6.07, 6.45) is 25.9. The number of benzene rings is 14. The molecule has 1 N–H and O–H groups in total. The topological polar surface area (TPSA) is 98.9 Å². The van der Waals surface area contributed by atoms with E-state index in [1.807, 2.05) is 82.3 Å². The van der Waals surface area contributed by atoms with E-state index >= 15 is 0 Å². The first kappa shape index (κ1) is 105. The Hall–Kier alpha value is -15.3. The average Bonchev–Trinajstić information content (AvgIpc) is 0.704. The van der Waals surface area contributed by atoms with E-state index in [0.717, 1.165) is 127 Å². The lowest BCUT2D eigenvalue weighted by Gasteiger charge is -2.41. The van der Waals surface area contributed by atoms with Crippen LogP contribution in [0.25, 0.3) is 52.2 Å². The molecular weight excluding hydrogens is 1820 g/mol. The standard InChI is InChI=1S/C30H31N2O2.C26H24F2O2.C25H22F2O2.C25H24O.C23H20O.3CH3/c1-30(2)26-18-20(31-14-6-15-31)10-12-24(26)28(22-8-4-5-9-23(22)29(33)34-3)25-13-11-21(19-27(25)30)32-16-7-17-32;1-4-6-17-12-24-20(14-22(17)27)26(16-8-10-19(29-3)11-9-16)21-15-23(28)18(7-5-2)13-25(21)30-24;1-3-5-16-11-23-19(13-21(16)26)25(15-7-9-18(28)10-8-15)20-14-22(27)17(6-4-2)12-24(20)29-23;1-3-8-18-12-14-21-23(16-18)26-24-17-19(9-4-2)13-15-22(24)25(21)20-10-6-5-7-11-20;1-3-16-10-12-19-21(14-16)24-22-15-17(4-2)11-13-20(22)23(19)18-8-6-5-7-9-18;;;/h4-5,8-13,18-19H,6-7,14-17H2,1-3H3;6,8-15H,4-5,7H2,1-3H3;5,7-14,28H,3-4,6H2,1-2H3;5-8,10-17H,3-4,9H2,1-2H3;3,5-15H,4H2,1-2H3;3*1H3/q+1;;;;;3*-1/b;17-6-;16-5-;18-8+;16-3+;;;. The van der Waals surface area contributed by atoms with Crippen molar-refractivity contribution in [2.75, 3.05) is 45.3 Å². The Kier molecular flexibility index (Phi) is 33.5. The lowest BCUT2D eigenvalue weighted by atomic mass is 9.64. The summed E-state index contributed by atoms with van der Waals surface area (Å²) in [4.78, 5) is 15.2. The van der Waals surface area contributed by atoms with Crippen LogP contribution < -0.4 is 70.3 Å². The molecule has 146 heavy (non-hydrogen) atoms. The maximum atomic E-state index is 14.8. The fraction of sp³-hybridized carbons (Fsp3) is 0.220. The number of hydrogen-bond acceptors (Lipinski definition) is 9. The van der Waals surface area contributed by atoms with Crippen LogP contribution in [0.2, 0.25) is 0 Å². The van der Waals surface area contributed by atoms with Gasteiger partial charge in [0, 0.05) is 112 Å². The van der Waals surface area contributed by atoms with Crippen LogP contribution in [0, 0.1) is 45.5 Å². The molecule has 0 bridgehead atoms. The average molecular weight is 1950 g/mol. The van der Waals surface area contributed by atoms with E-state index in [2.05, 4.69) is 239 Å². The Balaban J connectivity index is 0.000000137. The van der Waals surface area contributed by atoms with Crippen molar-refractivity contribution in [2.45, 2.75) is 152 Å². The number of aryl methyl sites for hydroxylation is 4. The fourth-order valence-electron chi connectivity index (χ4n) is 20.2. The summed E-state index contributed by atoms with van der Waals surface area (Å²) < 4.78 is 96.9. The normalized spacial score (nSPS) is 14.5. The van der Waals surface area contributed by atoms with Gasteiger partial charge >= 0.3 is 5.97 Å². The summed E-state index contributed by atoms with van der Waals surface area (Å²) in [5.41, 5.74) is 25.5. The van der Waals surface area contributed by atoms with E-state index in [4.69, 9.17) is 28.4 Å². The van der Waals surface area contributed by atoms with Gasteiger partial charge in [0.2, 0.25) is 0 Å². The van der Waals surface area contributed by atoms with Crippen LogP contribution in [0.15, 0.2) is 302 Å². The molecule has 14 aromatic carbocycles. The molecule has 0 radical (unpaired) electrons. The molecule has 0 spiro atoms. The van der Waals surface area contributed by atoms with Gasteiger partial charge in [0.15, 0.2) is 5.71 Å². The SMILES string of the molecule is C/C=c1\ccc2c(c1)Oc1cc(CC)ccc1C=2c1ccccc1.CC/C=c1/cc2c(cc1F)=C(c1ccc(O)cc1)c1cc(F)c(CCC)cc1O2.CC/C=c1/cc2c(cc1F)=C(c1ccc(OC)cc1)c1cc(F)c(CCC)cc1O2.CC/C=c1\ccc2c(c1)Oc1cc(CCC)ccc1C=2c1ccccc1.COC(=O)c1ccccc1C1=C2C=CC(=[N+]3CCC3)C=C2C(C)(C)c2cc(N3CCC3)ccc21.[CH3-].[CH3-].[CH3-]. The zero-order valence-electron chi connectivity index (χ0n) is 86.5. The molecule has 14 aromatic rings. The number of nitrogens with zero attached hydrogens (tertiary/aromatic N) is 2. The number of phenols is 1. The monoisotopic (exact) mass is 1950 g/mol. The summed E-state index contributed by atoms with van der Waals surface area (Å²) in [7, 11) is 3.06. The fourth-order valence-corrected chi connectivity index (χ4v) is 20.2. The molecule has 2 aliphatic carbocycles. The van der Waals surface area contributed by atoms with Gasteiger partial charge in [-0.15, -0.1) is 0 Å². The molecule has 6 heterocycles. The Bertz CT molecular complexity index is 7980. The molecule has 0 amide bonds. The number of esters is 1. The van der Waals surface area contributed by atoms with Crippen molar-refractivity contribution in [3.8, 4) is 57.5 Å². The van der Waals surface area contributed by atoms with E-state index in [9.17, 15) is 27.5 Å². The van der Waals surface area contributed by atoms with E-state index in [0.29, 0.717) is 103 Å². The second kappa shape index (κ2) is 46.6. The third kappa shape index (κ3) is 21.6. The number of allylic oxidation sites excluding steroid dienone is 5. The summed E-state index contributed by atoms with van der Waals surface area (Å²) in [6.45, 7) is 25.7. The van der Waals surface area contributed by atoms with Gasteiger partial charge in [-0.2, -0.15) is 0 Å². The molecule has 0 unspecified atom stereocenters. The first-order valence-electron chi connectivity index (χ1n) is 50.4. The minimum absolute atomic E-state index is 0. The minimum atomic E-state index is -0.350. The van der Waals surface area contributed by atoms with Crippen molar-refractivity contribution in [3.05, 3.63) is 479 Å². The quantitative estimate of drug-likeness (QED) is 0.0390. The zero-order valence-corrected chi connectivity index (χ0v) is 86.5. The molecule has 2 fully saturated rings. The van der Waals surface area contributed by atoms with Gasteiger partial charge < -0.3 is 60.7 Å². The molecular formula is C132H130F4N2O8-2. The van der Waals surface area contributed by atoms with Gasteiger partial charge in [0.25, 0.3) is 0 Å². The number of fused-ring (bicyclic) bond motifs is 10. The van der Waals surface area contributed by atoms with E-state index in [1.165, 1.54) is 138 Å². The van der Waals surface area contributed by atoms with Crippen molar-refractivity contribution in [3.63, 3.8) is 0 Å². The van der Waals surface area contributed by atoms with Crippen LogP contribution in [0.3, 0.4) is 0 Å². The number of aromatic hydroxyl groups is 1. The number of carbonyl (C=O) groups excluding carboxylic acids is 1. The number of hydrogen-bond donors (Lipinski definition) is 1. The van der Waals surface area contributed by atoms with Crippen molar-refractivity contribution in [1.82, 2.24) is 0 Å². The number of ether oxygens (including phenoxy) is 6. The predicted molar refractivity (Wildman–Crippen MR) is 591 cm³/mol. The number of halogens is 4. The molecule has 2 saturated heterocycles. The molecule has 14 heteroatoms. The van der Waals surface area contributed by atoms with Gasteiger partial charge in [-0.05, 0) is 274 Å². The highest BCUT2D eigenvalue weighted by Gasteiger charge is 2.41. The Morgan fingerprint density at radius 3 is 1.38 bits per heavy atom. The van der Waals surface area contributed by atoms with Gasteiger partial charge in [0.05, 0.1) is 26.2 Å². The summed E-state index contributed by atoms with van der Waals surface area (Å²) >= 11 is 0. The van der Waals surface area contributed by atoms with E-state index in [-0.39, 0.29) is 62.7 Å². The van der Waals surface area contributed by atoms with Crippen molar-refractivity contribution in [2.24, 2.45) is 0 Å². The minimum Gasteiger partial charge on any atom is -0.508 e. The molecule has 22 rings (SSSR count). The largest absolute Gasteiger partial charge is 0.508 e. The molecule has 0 saturated carbocycles. The third-order valence-electron chi connectivity index (χ3n) is 27.8. The van der Waals surface area contributed by atoms with Gasteiger partial charge in [-0.25, -0.2) is 26.9 Å². The number of phenolic OH excluding ortho intramolecular Hbond substituents is 1. The summed E-state index contributed by atoms with van der Waals surface area (Å²) in [6, 6.07) is 89.1. The van der Waals surface area contributed by atoms with Crippen molar-refractivity contribution >= 4 is 69.5 Å². The predicted octanol–water partition coefficient (Wildman–Crippen LogP) is 26.7. The van der Waals surface area contributed by atoms with Crippen LogP contribution in [0.5, 0.6) is 57.5 Å². The van der Waals surface area contributed by atoms with Crippen molar-refractivity contribution < 1.29 is 60.5 Å². The highest BCUT2D eigenvalue weighted by Crippen LogP contribution is 2.52. The van der Waals surface area contributed by atoms with Crippen LogP contribution in [0.1, 0.15) is 214 Å². The highest BCUT2D eigenvalue weighted by atomic mass is 19.1. The molecule has 6 aliphatic heterocycles. The van der Waals surface area contributed by atoms with Crippen LogP contribution >= 0.6 is 0 Å². The zero-order chi connectivity index (χ0) is 99.7. The lowest BCUT2D eigenvalue weighted by Crippen LogP contribution is -2.38. The second-order valence-corrected chi connectivity index (χ2v) is 37.6. The third-order valence-corrected chi connectivity index (χ3v) is 27.8. The summed E-state index contributed by atoms with van der Waals surface area (Å²) in [5, 5.41) is 16.5. The Labute approximate surface area is 857 Å². The lowest BCUT2D eigenvalue weighted by molar-refractivity contribution is -0.582. The summed E-state index contributed by atoms with van der Waals surface area (Å²) in [5.74, 6) is 5.36. The number of anilines is 1. The maximum Gasteiger partial charge on any atom is 0.338 e. The van der Waals surface area contributed by atoms with Crippen LogP contribution in [-0.2, 0) is 35.8 Å². The van der Waals surface area contributed by atoms with Gasteiger partial charge in [-0.1, -0.05) is 258 Å². The maximum absolute atomic E-state index is 14.8. The molecule has 0 atom stereocenters. The van der Waals surface area contributed by atoms with Gasteiger partial charge in [-0.3, -0.25) is 0 Å².